The fraction of sp³-hybridized carbons (Fsp3) is 0.333. The molecule has 4 aromatic heterocycles. The second-order valence-corrected chi connectivity index (χ2v) is 20.3. The molecule has 0 spiro atoms. The van der Waals surface area contributed by atoms with E-state index in [-0.39, 0.29) is 42.3 Å². The van der Waals surface area contributed by atoms with Gasteiger partial charge in [-0.15, -0.1) is 10.2 Å². The summed E-state index contributed by atoms with van der Waals surface area (Å²) < 4.78 is 13.4. The first-order valence-electron chi connectivity index (χ1n) is 25.9. The maximum absolute atomic E-state index is 14.5. The van der Waals surface area contributed by atoms with Crippen LogP contribution < -0.4 is 10.6 Å². The molecule has 6 atom stereocenters. The molecule has 0 saturated carbocycles. The van der Waals surface area contributed by atoms with Gasteiger partial charge in [0.25, 0.3) is 0 Å². The van der Waals surface area contributed by atoms with Crippen LogP contribution in [-0.4, -0.2) is 124 Å². The van der Waals surface area contributed by atoms with Crippen molar-refractivity contribution in [3.8, 4) is 56.2 Å². The highest BCUT2D eigenvalue weighted by atomic mass is 16.5. The molecule has 6 heterocycles. The zero-order valence-electron chi connectivity index (χ0n) is 43.8. The van der Waals surface area contributed by atoms with Gasteiger partial charge in [-0.25, -0.2) is 28.9 Å². The molecule has 0 aliphatic carbocycles. The second kappa shape index (κ2) is 22.5. The highest BCUT2D eigenvalue weighted by molar-refractivity contribution is 5.86. The largest absolute Gasteiger partial charge is 0.453 e. The van der Waals surface area contributed by atoms with E-state index in [1.807, 2.05) is 139 Å². The van der Waals surface area contributed by atoms with Gasteiger partial charge in [-0.3, -0.25) is 9.59 Å². The molecule has 2 aliphatic rings. The summed E-state index contributed by atoms with van der Waals surface area (Å²) in [4.78, 5) is 73.7. The van der Waals surface area contributed by atoms with E-state index < -0.39 is 36.2 Å². The monoisotopic (exact) mass is 1040 g/mol. The molecular weight excluding hydrogens is 977 g/mol. The summed E-state index contributed by atoms with van der Waals surface area (Å²) in [5.74, 6) is 0.148. The van der Waals surface area contributed by atoms with Crippen molar-refractivity contribution < 1.29 is 28.7 Å². The molecule has 2 unspecified atom stereocenters. The quantitative estimate of drug-likeness (QED) is 0.0711. The fourth-order valence-electron chi connectivity index (χ4n) is 10.4. The molecule has 4 N–H and O–H groups in total. The van der Waals surface area contributed by atoms with E-state index >= 15 is 0 Å². The third kappa shape index (κ3) is 11.1. The predicted octanol–water partition coefficient (Wildman–Crippen LogP) is 8.69. The van der Waals surface area contributed by atoms with Crippen LogP contribution in [0.1, 0.15) is 76.4 Å². The van der Waals surface area contributed by atoms with Crippen LogP contribution in [0.25, 0.3) is 56.2 Å². The van der Waals surface area contributed by atoms with Gasteiger partial charge in [0, 0.05) is 30.8 Å². The standard InChI is InChI=1S/C57H62N14O6/c1-34(2)44(27-60-56(74)76-5)54(72)68-30-42(70-32-47(64-66-70)38-13-9-7-10-14-38)25-49(68)52-58-28-45(61-52)40-21-17-36(18-22-40)37-19-23-41(24-20-37)46-29-59-53(62-46)50-26-43(71-33-48(65-67-71)39-15-11-8-12-16-39)31-69(50)55(73)51(35(3)4)63-57(75)77-6/h7-24,28-29,32-35,42-44,49-51H,25-27,30-31H2,1-6H3,(H,58,61)(H,59,62)(H,60,74)(H,63,75)/t42-,43-,44+,49?,50?,51+/m1/s1. The molecule has 4 aromatic carbocycles. The van der Waals surface area contributed by atoms with Gasteiger partial charge in [0.15, 0.2) is 0 Å². The summed E-state index contributed by atoms with van der Waals surface area (Å²) in [5, 5.41) is 23.4. The maximum atomic E-state index is 14.5. The number of methoxy groups -OCH3 is 2. The Balaban J connectivity index is 0.851. The first-order chi connectivity index (χ1) is 37.3. The predicted molar refractivity (Wildman–Crippen MR) is 287 cm³/mol. The number of aromatic amines is 2. The Bertz CT molecular complexity index is 3310. The van der Waals surface area contributed by atoms with Gasteiger partial charge >= 0.3 is 12.2 Å². The Morgan fingerprint density at radius 2 is 1.01 bits per heavy atom. The van der Waals surface area contributed by atoms with E-state index in [1.54, 1.807) is 17.3 Å². The number of nitrogens with one attached hydrogen (secondary N) is 4. The molecule has 20 nitrogen and oxygen atoms in total. The van der Waals surface area contributed by atoms with Crippen LogP contribution in [-0.2, 0) is 19.1 Å². The highest BCUT2D eigenvalue weighted by Crippen LogP contribution is 2.41. The van der Waals surface area contributed by atoms with Crippen molar-refractivity contribution in [1.82, 2.24) is 70.4 Å². The van der Waals surface area contributed by atoms with Crippen molar-refractivity contribution in [3.05, 3.63) is 146 Å². The molecular formula is C57H62N14O6. The zero-order valence-corrected chi connectivity index (χ0v) is 43.8. The molecule has 2 saturated heterocycles. The van der Waals surface area contributed by atoms with Gasteiger partial charge in [-0.1, -0.05) is 147 Å². The number of likely N-dealkylation sites (tertiary alicyclic amines) is 2. The summed E-state index contributed by atoms with van der Waals surface area (Å²) in [6, 6.07) is 34.0. The van der Waals surface area contributed by atoms with Crippen LogP contribution >= 0.6 is 0 Å². The van der Waals surface area contributed by atoms with Crippen LogP contribution in [0.2, 0.25) is 0 Å². The number of ether oxygens (including phenoxy) is 2. The number of alkyl carbamates (subject to hydrolysis) is 2. The van der Waals surface area contributed by atoms with E-state index in [2.05, 4.69) is 65.5 Å². The van der Waals surface area contributed by atoms with Crippen LogP contribution in [0.15, 0.2) is 134 Å². The Morgan fingerprint density at radius 3 is 1.44 bits per heavy atom. The number of carbonyl (C=O) groups excluding carboxylic acids is 4. The van der Waals surface area contributed by atoms with Crippen molar-refractivity contribution in [2.24, 2.45) is 17.8 Å². The Labute approximate surface area is 445 Å². The topological polar surface area (TPSA) is 236 Å². The normalized spacial score (nSPS) is 18.1. The number of carbonyl (C=O) groups is 4. The zero-order chi connectivity index (χ0) is 53.7. The molecule has 2 fully saturated rings. The minimum Gasteiger partial charge on any atom is -0.453 e. The molecule has 0 bridgehead atoms. The van der Waals surface area contributed by atoms with Gasteiger partial charge in [0.05, 0.1) is 80.5 Å². The number of benzene rings is 4. The van der Waals surface area contributed by atoms with Gasteiger partial charge in [-0.05, 0) is 46.9 Å². The Kier molecular flexibility index (Phi) is 15.1. The number of rotatable bonds is 16. The lowest BCUT2D eigenvalue weighted by atomic mass is 9.94. The van der Waals surface area contributed by atoms with Crippen LogP contribution in [0, 0.1) is 17.8 Å². The molecule has 77 heavy (non-hydrogen) atoms. The van der Waals surface area contributed by atoms with Gasteiger partial charge in [0.2, 0.25) is 11.8 Å². The van der Waals surface area contributed by atoms with Gasteiger partial charge in [-0.2, -0.15) is 0 Å². The minimum absolute atomic E-state index is 0.0684. The van der Waals surface area contributed by atoms with Gasteiger partial charge in [0.1, 0.15) is 29.1 Å². The SMILES string of the molecule is COC(=O)NC[C@H](C(=O)N1C[C@H](n2cc(-c3ccccc3)nn2)CC1c1ncc(-c2ccc(-c3ccc(-c4cnc(C5C[C@@H](n6cc(-c7ccccc7)nn6)CN5C(=O)[C@@H](NC(=O)OC)C(C)C)[nH]4)cc3)cc2)[nH]1)C(C)C. The first kappa shape index (κ1) is 51.5. The third-order valence-corrected chi connectivity index (χ3v) is 14.7. The molecule has 20 heteroatoms. The number of nitrogens with zero attached hydrogens (tertiary/aromatic N) is 10. The van der Waals surface area contributed by atoms with Crippen molar-refractivity contribution in [2.75, 3.05) is 33.9 Å². The summed E-state index contributed by atoms with van der Waals surface area (Å²) in [7, 11) is 2.58. The molecule has 396 valence electrons. The van der Waals surface area contributed by atoms with Crippen LogP contribution in [0.5, 0.6) is 0 Å². The molecule has 10 rings (SSSR count). The average molecular weight is 1040 g/mol. The van der Waals surface area contributed by atoms with E-state index in [1.165, 1.54) is 14.2 Å². The minimum atomic E-state index is -0.824. The third-order valence-electron chi connectivity index (χ3n) is 14.7. The number of imidazole rings is 2. The number of hydrogen-bond donors (Lipinski definition) is 4. The van der Waals surface area contributed by atoms with Crippen LogP contribution in [0.4, 0.5) is 9.59 Å². The summed E-state index contributed by atoms with van der Waals surface area (Å²) in [6.07, 6.45) is 7.21. The van der Waals surface area contributed by atoms with E-state index in [0.717, 1.165) is 56.2 Å². The van der Waals surface area contributed by atoms with Gasteiger partial charge < -0.3 is 39.9 Å². The fourth-order valence-corrected chi connectivity index (χ4v) is 10.4. The number of amides is 4. The lowest BCUT2D eigenvalue weighted by Crippen LogP contribution is -2.51. The number of H-pyrrole nitrogens is 2. The first-order valence-corrected chi connectivity index (χ1v) is 25.9. The van der Waals surface area contributed by atoms with E-state index in [9.17, 15) is 19.2 Å². The van der Waals surface area contributed by atoms with Crippen LogP contribution in [0.3, 0.4) is 0 Å². The summed E-state index contributed by atoms with van der Waals surface area (Å²) in [5.41, 5.74) is 8.83. The highest BCUT2D eigenvalue weighted by Gasteiger charge is 2.44. The summed E-state index contributed by atoms with van der Waals surface area (Å²) >= 11 is 0. The van der Waals surface area contributed by atoms with Crippen molar-refractivity contribution in [3.63, 3.8) is 0 Å². The average Bonchev–Trinajstić information content (AvgIpc) is 4.34. The molecule has 2 aliphatic heterocycles. The smallest absolute Gasteiger partial charge is 0.407 e. The molecule has 4 amide bonds. The number of hydrogen-bond acceptors (Lipinski definition) is 12. The second-order valence-electron chi connectivity index (χ2n) is 20.3. The molecule has 0 radical (unpaired) electrons. The van der Waals surface area contributed by atoms with E-state index in [4.69, 9.17) is 19.4 Å². The molecule has 8 aromatic rings. The number of aromatic nitrogens is 10. The lowest BCUT2D eigenvalue weighted by molar-refractivity contribution is -0.138. The lowest BCUT2D eigenvalue weighted by Gasteiger charge is -2.29. The Morgan fingerprint density at radius 1 is 0.571 bits per heavy atom. The summed E-state index contributed by atoms with van der Waals surface area (Å²) in [6.45, 7) is 8.56. The Hall–Kier alpha value is -8.94. The van der Waals surface area contributed by atoms with Crippen molar-refractivity contribution in [2.45, 2.75) is 70.7 Å². The van der Waals surface area contributed by atoms with Crippen molar-refractivity contribution >= 4 is 24.0 Å². The van der Waals surface area contributed by atoms with E-state index in [0.29, 0.717) is 37.6 Å². The van der Waals surface area contributed by atoms with Crippen molar-refractivity contribution in [1.29, 1.82) is 0 Å². The maximum Gasteiger partial charge on any atom is 0.407 e.